The molecule has 0 saturated carbocycles. The first-order chi connectivity index (χ1) is 8.85. The number of benzene rings is 1. The molecule has 6 heteroatoms. The predicted molar refractivity (Wildman–Crippen MR) is 78.5 cm³/mol. The molecular weight excluding hydrogens is 264 g/mol. The Hall–Kier alpha value is -1.11. The Labute approximate surface area is 117 Å². The van der Waals surface area contributed by atoms with Crippen LogP contribution in [0.25, 0.3) is 0 Å². The van der Waals surface area contributed by atoms with Crippen molar-refractivity contribution in [2.24, 2.45) is 0 Å². The number of aliphatic hydroxyl groups excluding tert-OH is 1. The number of hydrogen-bond donors (Lipinski definition) is 2. The Kier molecular flexibility index (Phi) is 5.78. The Morgan fingerprint density at radius 3 is 2.47 bits per heavy atom. The molecule has 1 atom stereocenters. The van der Waals surface area contributed by atoms with Gasteiger partial charge in [0, 0.05) is 30.0 Å². The summed E-state index contributed by atoms with van der Waals surface area (Å²) >= 11 is 1.76. The Morgan fingerprint density at radius 1 is 1.42 bits per heavy atom. The van der Waals surface area contributed by atoms with Gasteiger partial charge in [-0.25, -0.2) is 0 Å². The number of nitro groups is 1. The maximum absolute atomic E-state index is 10.5. The van der Waals surface area contributed by atoms with Crippen LogP contribution in [0.1, 0.15) is 25.5 Å². The number of nitrogens with zero attached hydrogens (tertiary/aromatic N) is 1. The van der Waals surface area contributed by atoms with Crippen LogP contribution in [0.3, 0.4) is 0 Å². The van der Waals surface area contributed by atoms with E-state index < -0.39 is 11.0 Å². The van der Waals surface area contributed by atoms with Crippen LogP contribution in [0, 0.1) is 10.1 Å². The zero-order chi connectivity index (χ0) is 14.5. The average Bonchev–Trinajstić information content (AvgIpc) is 2.38. The van der Waals surface area contributed by atoms with Crippen LogP contribution in [0.4, 0.5) is 5.69 Å². The van der Waals surface area contributed by atoms with Gasteiger partial charge in [0.15, 0.2) is 0 Å². The second-order valence-electron chi connectivity index (χ2n) is 4.96. The van der Waals surface area contributed by atoms with Gasteiger partial charge in [-0.05, 0) is 37.8 Å². The number of nitro benzene ring substituents is 1. The third-order valence-electron chi connectivity index (χ3n) is 2.93. The molecule has 0 bridgehead atoms. The fraction of sp³-hybridized carbons (Fsp3) is 0.538. The van der Waals surface area contributed by atoms with E-state index in [4.69, 9.17) is 0 Å². The molecule has 0 fully saturated rings. The van der Waals surface area contributed by atoms with Crippen LogP contribution >= 0.6 is 11.8 Å². The van der Waals surface area contributed by atoms with Crippen molar-refractivity contribution in [2.45, 2.75) is 24.7 Å². The summed E-state index contributed by atoms with van der Waals surface area (Å²) in [4.78, 5) is 10.1. The topological polar surface area (TPSA) is 75.4 Å². The second kappa shape index (κ2) is 6.88. The van der Waals surface area contributed by atoms with Crippen LogP contribution in [-0.4, -0.2) is 34.1 Å². The molecule has 2 N–H and O–H groups in total. The summed E-state index contributed by atoms with van der Waals surface area (Å²) in [5.74, 6) is 0. The van der Waals surface area contributed by atoms with Gasteiger partial charge < -0.3 is 10.4 Å². The van der Waals surface area contributed by atoms with Crippen molar-refractivity contribution in [2.75, 3.05) is 19.3 Å². The van der Waals surface area contributed by atoms with Gasteiger partial charge in [-0.3, -0.25) is 10.1 Å². The van der Waals surface area contributed by atoms with Crippen molar-refractivity contribution in [3.8, 4) is 0 Å². The molecule has 0 saturated heterocycles. The Bertz CT molecular complexity index is 420. The van der Waals surface area contributed by atoms with E-state index in [0.29, 0.717) is 12.1 Å². The fourth-order valence-corrected chi connectivity index (χ4v) is 1.76. The van der Waals surface area contributed by atoms with E-state index in [1.807, 2.05) is 0 Å². The zero-order valence-corrected chi connectivity index (χ0v) is 12.2. The summed E-state index contributed by atoms with van der Waals surface area (Å²) in [6.07, 6.45) is 1.40. The number of nitrogens with one attached hydrogen (secondary N) is 1. The molecule has 1 aromatic carbocycles. The lowest BCUT2D eigenvalue weighted by molar-refractivity contribution is -0.384. The van der Waals surface area contributed by atoms with Crippen molar-refractivity contribution in [3.05, 3.63) is 39.9 Å². The van der Waals surface area contributed by atoms with Crippen molar-refractivity contribution < 1.29 is 10.0 Å². The van der Waals surface area contributed by atoms with E-state index in [2.05, 4.69) is 25.4 Å². The van der Waals surface area contributed by atoms with Gasteiger partial charge in [0.25, 0.3) is 5.69 Å². The van der Waals surface area contributed by atoms with Gasteiger partial charge in [0.1, 0.15) is 0 Å². The lowest BCUT2D eigenvalue weighted by Gasteiger charge is -2.23. The number of rotatable bonds is 7. The maximum atomic E-state index is 10.5. The van der Waals surface area contributed by atoms with E-state index >= 15 is 0 Å². The summed E-state index contributed by atoms with van der Waals surface area (Å²) in [6.45, 7) is 5.48. The lowest BCUT2D eigenvalue weighted by atomic mass is 10.1. The van der Waals surface area contributed by atoms with E-state index in [1.54, 1.807) is 23.9 Å². The number of non-ortho nitro benzene ring substituents is 1. The molecule has 0 amide bonds. The van der Waals surface area contributed by atoms with Crippen LogP contribution < -0.4 is 5.32 Å². The second-order valence-corrected chi connectivity index (χ2v) is 6.47. The standard InChI is InChI=1S/C13H20N2O3S/c1-13(2,19-3)9-14-8-12(16)10-4-6-11(7-5-10)15(17)18/h4-7,12,14,16H,8-9H2,1-3H3. The molecule has 0 aromatic heterocycles. The molecule has 0 radical (unpaired) electrons. The number of hydrogen-bond acceptors (Lipinski definition) is 5. The van der Waals surface area contributed by atoms with Gasteiger partial charge in [0.2, 0.25) is 0 Å². The highest BCUT2D eigenvalue weighted by Crippen LogP contribution is 2.20. The minimum absolute atomic E-state index is 0.0347. The minimum atomic E-state index is -0.654. The molecule has 19 heavy (non-hydrogen) atoms. The molecule has 5 nitrogen and oxygen atoms in total. The van der Waals surface area contributed by atoms with Crippen molar-refractivity contribution in [1.29, 1.82) is 0 Å². The van der Waals surface area contributed by atoms with Crippen molar-refractivity contribution >= 4 is 17.4 Å². The highest BCUT2D eigenvalue weighted by atomic mass is 32.2. The van der Waals surface area contributed by atoms with E-state index in [0.717, 1.165) is 6.54 Å². The van der Waals surface area contributed by atoms with Gasteiger partial charge in [-0.1, -0.05) is 0 Å². The first kappa shape index (κ1) is 15.9. The van der Waals surface area contributed by atoms with Crippen molar-refractivity contribution in [3.63, 3.8) is 0 Å². The molecule has 1 aromatic rings. The Morgan fingerprint density at radius 2 is 2.00 bits per heavy atom. The van der Waals surface area contributed by atoms with E-state index in [-0.39, 0.29) is 10.4 Å². The molecule has 0 heterocycles. The van der Waals surface area contributed by atoms with Crippen LogP contribution in [0.5, 0.6) is 0 Å². The number of aliphatic hydroxyl groups is 1. The number of thioether (sulfide) groups is 1. The van der Waals surface area contributed by atoms with E-state index in [9.17, 15) is 15.2 Å². The first-order valence-electron chi connectivity index (χ1n) is 6.04. The molecule has 0 aliphatic heterocycles. The molecule has 0 aliphatic carbocycles. The highest BCUT2D eigenvalue weighted by Gasteiger charge is 2.16. The predicted octanol–water partition coefficient (Wildman–Crippen LogP) is 2.36. The van der Waals surface area contributed by atoms with Gasteiger partial charge in [0.05, 0.1) is 11.0 Å². The van der Waals surface area contributed by atoms with E-state index in [1.165, 1.54) is 12.1 Å². The summed E-state index contributed by atoms with van der Waals surface area (Å²) in [6, 6.07) is 5.99. The highest BCUT2D eigenvalue weighted by molar-refractivity contribution is 7.99. The monoisotopic (exact) mass is 284 g/mol. The smallest absolute Gasteiger partial charge is 0.269 e. The maximum Gasteiger partial charge on any atom is 0.269 e. The SMILES string of the molecule is CSC(C)(C)CNCC(O)c1ccc([N+](=O)[O-])cc1. The van der Waals surface area contributed by atoms with Gasteiger partial charge in [-0.15, -0.1) is 0 Å². The lowest BCUT2D eigenvalue weighted by Crippen LogP contribution is -2.34. The molecule has 1 rings (SSSR count). The molecule has 0 aliphatic rings. The normalized spacial score (nSPS) is 13.3. The molecule has 1 unspecified atom stereocenters. The van der Waals surface area contributed by atoms with Crippen molar-refractivity contribution in [1.82, 2.24) is 5.32 Å². The van der Waals surface area contributed by atoms with Gasteiger partial charge >= 0.3 is 0 Å². The third kappa shape index (κ3) is 5.18. The Balaban J connectivity index is 2.49. The summed E-state index contributed by atoms with van der Waals surface area (Å²) < 4.78 is 0.120. The first-order valence-corrected chi connectivity index (χ1v) is 7.26. The average molecular weight is 284 g/mol. The largest absolute Gasteiger partial charge is 0.387 e. The summed E-state index contributed by atoms with van der Waals surface area (Å²) in [5, 5.41) is 23.7. The summed E-state index contributed by atoms with van der Waals surface area (Å²) in [7, 11) is 0. The van der Waals surface area contributed by atoms with Crippen LogP contribution in [-0.2, 0) is 0 Å². The third-order valence-corrected chi connectivity index (χ3v) is 4.18. The van der Waals surface area contributed by atoms with Crippen LogP contribution in [0.15, 0.2) is 24.3 Å². The minimum Gasteiger partial charge on any atom is -0.387 e. The van der Waals surface area contributed by atoms with Gasteiger partial charge in [-0.2, -0.15) is 11.8 Å². The zero-order valence-electron chi connectivity index (χ0n) is 11.4. The molecule has 0 spiro atoms. The quantitative estimate of drug-likeness (QED) is 0.594. The van der Waals surface area contributed by atoms with Crippen LogP contribution in [0.2, 0.25) is 0 Å². The molecular formula is C13H20N2O3S. The fourth-order valence-electron chi connectivity index (χ4n) is 1.52. The summed E-state index contributed by atoms with van der Waals surface area (Å²) in [5.41, 5.74) is 0.715. The molecule has 106 valence electrons.